The third kappa shape index (κ3) is 8.01. The number of carbonyl (C=O) groups is 1. The van der Waals surface area contributed by atoms with Crippen LogP contribution in [0.25, 0.3) is 11.4 Å². The highest BCUT2D eigenvalue weighted by atomic mass is 32.1. The van der Waals surface area contributed by atoms with E-state index in [0.717, 1.165) is 29.3 Å². The van der Waals surface area contributed by atoms with E-state index in [1.165, 1.54) is 10.8 Å². The number of thiazole rings is 1. The van der Waals surface area contributed by atoms with Gasteiger partial charge < -0.3 is 26.0 Å². The Morgan fingerprint density at radius 3 is 2.55 bits per heavy atom. The van der Waals surface area contributed by atoms with E-state index in [0.29, 0.717) is 6.61 Å². The normalized spacial score (nSPS) is 12.2. The molecule has 33 heavy (non-hydrogen) atoms. The van der Waals surface area contributed by atoms with Gasteiger partial charge in [-0.3, -0.25) is 14.2 Å². The van der Waals surface area contributed by atoms with Gasteiger partial charge in [0.15, 0.2) is 0 Å². The summed E-state index contributed by atoms with van der Waals surface area (Å²) in [6, 6.07) is 7.19. The SMILES string of the molecule is CCn1c(=O)c(=C=CNc2ccc(OCCN(C)C)cc2)s/c1=C(/N)C(=O)NCC(F)(F)F. The summed E-state index contributed by atoms with van der Waals surface area (Å²) in [5.41, 5.74) is 8.34. The molecular weight excluding hydrogens is 459 g/mol. The first-order valence-electron chi connectivity index (χ1n) is 9.95. The third-order valence-corrected chi connectivity index (χ3v) is 5.36. The summed E-state index contributed by atoms with van der Waals surface area (Å²) in [5, 5.41) is 4.67. The van der Waals surface area contributed by atoms with Crippen LogP contribution in [0.2, 0.25) is 0 Å². The standard InChI is InChI=1S/C21H26F3N5O3S/c1-4-29-19(31)16(33-20(29)17(25)18(30)27-13-21(22,23)24)9-10-26-14-5-7-15(8-6-14)32-12-11-28(2)3/h5-8,10,26H,4,11-13,25H2,1-3H3,(H,27,30)/b20-17+. The number of halogens is 3. The summed E-state index contributed by atoms with van der Waals surface area (Å²) in [6.07, 6.45) is -3.14. The third-order valence-electron chi connectivity index (χ3n) is 4.23. The van der Waals surface area contributed by atoms with Crippen molar-refractivity contribution in [1.82, 2.24) is 14.8 Å². The molecule has 0 saturated carbocycles. The number of carbonyl (C=O) groups excluding carboxylic acids is 1. The Labute approximate surface area is 192 Å². The molecule has 180 valence electrons. The fourth-order valence-corrected chi connectivity index (χ4v) is 3.57. The number of likely N-dealkylation sites (N-methyl/N-ethyl adjacent to an activating group) is 1. The van der Waals surface area contributed by atoms with Gasteiger partial charge in [-0.25, -0.2) is 0 Å². The Hall–Kier alpha value is -3.21. The molecule has 12 heteroatoms. The molecule has 0 aliphatic rings. The second kappa shape index (κ2) is 11.6. The smallest absolute Gasteiger partial charge is 0.405 e. The van der Waals surface area contributed by atoms with Gasteiger partial charge in [0.1, 0.15) is 33.8 Å². The molecule has 4 N–H and O–H groups in total. The average molecular weight is 486 g/mol. The first-order chi connectivity index (χ1) is 15.5. The van der Waals surface area contributed by atoms with Crippen molar-refractivity contribution in [2.75, 3.05) is 39.1 Å². The monoisotopic (exact) mass is 485 g/mol. The number of nitrogens with zero attached hydrogens (tertiary/aromatic N) is 2. The van der Waals surface area contributed by atoms with Crippen molar-refractivity contribution < 1.29 is 22.7 Å². The number of aromatic nitrogens is 1. The molecule has 2 aromatic rings. The van der Waals surface area contributed by atoms with Crippen molar-refractivity contribution in [2.45, 2.75) is 19.6 Å². The Morgan fingerprint density at radius 2 is 1.97 bits per heavy atom. The molecule has 0 saturated heterocycles. The summed E-state index contributed by atoms with van der Waals surface area (Å²) in [4.78, 5) is 26.5. The van der Waals surface area contributed by atoms with Gasteiger partial charge in [0, 0.05) is 25.0 Å². The predicted octanol–water partition coefficient (Wildman–Crippen LogP) is 0.621. The van der Waals surface area contributed by atoms with E-state index in [1.807, 2.05) is 19.0 Å². The van der Waals surface area contributed by atoms with Crippen molar-refractivity contribution in [3.8, 4) is 5.75 Å². The largest absolute Gasteiger partial charge is 0.492 e. The first kappa shape index (κ1) is 26.0. The zero-order chi connectivity index (χ0) is 24.6. The summed E-state index contributed by atoms with van der Waals surface area (Å²) in [7, 11) is 3.92. The second-order valence-corrected chi connectivity index (χ2v) is 8.11. The highest BCUT2D eigenvalue weighted by Gasteiger charge is 2.28. The Kier molecular flexibility index (Phi) is 9.15. The Morgan fingerprint density at radius 1 is 1.30 bits per heavy atom. The fourth-order valence-electron chi connectivity index (χ4n) is 2.54. The molecule has 0 unspecified atom stereocenters. The number of amides is 1. The Bertz CT molecular complexity index is 1160. The van der Waals surface area contributed by atoms with Crippen molar-refractivity contribution in [3.63, 3.8) is 0 Å². The number of rotatable bonds is 9. The van der Waals surface area contributed by atoms with Gasteiger partial charge in [-0.1, -0.05) is 5.73 Å². The lowest BCUT2D eigenvalue weighted by molar-refractivity contribution is -0.135. The number of benzene rings is 1. The summed E-state index contributed by atoms with van der Waals surface area (Å²) in [5.74, 6) is -0.378. The molecule has 1 amide bonds. The van der Waals surface area contributed by atoms with Gasteiger partial charge in [0.2, 0.25) is 0 Å². The lowest BCUT2D eigenvalue weighted by Gasteiger charge is -2.11. The number of alkyl halides is 3. The molecule has 8 nitrogen and oxygen atoms in total. The highest BCUT2D eigenvalue weighted by molar-refractivity contribution is 7.07. The number of anilines is 1. The van der Waals surface area contributed by atoms with Crippen molar-refractivity contribution in [3.05, 3.63) is 50.0 Å². The number of nitrogens with two attached hydrogens (primary N) is 1. The summed E-state index contributed by atoms with van der Waals surface area (Å²) in [6.45, 7) is 1.68. The van der Waals surface area contributed by atoms with Crippen molar-refractivity contribution in [1.29, 1.82) is 0 Å². The van der Waals surface area contributed by atoms with Crippen LogP contribution in [0.15, 0.2) is 35.3 Å². The van der Waals surface area contributed by atoms with Crippen LogP contribution >= 0.6 is 11.3 Å². The van der Waals surface area contributed by atoms with E-state index in [-0.39, 0.29) is 15.7 Å². The molecule has 1 heterocycles. The molecule has 1 aromatic heterocycles. The van der Waals surface area contributed by atoms with Gasteiger partial charge in [0.05, 0.1) is 0 Å². The van der Waals surface area contributed by atoms with Crippen molar-refractivity contribution in [2.24, 2.45) is 5.73 Å². The van der Waals surface area contributed by atoms with Gasteiger partial charge >= 0.3 is 6.18 Å². The molecule has 0 aliphatic heterocycles. The highest BCUT2D eigenvalue weighted by Crippen LogP contribution is 2.15. The van der Waals surface area contributed by atoms with Crippen LogP contribution in [0.4, 0.5) is 18.9 Å². The number of ether oxygens (including phenoxy) is 1. The number of hydrogen-bond donors (Lipinski definition) is 3. The second-order valence-electron chi connectivity index (χ2n) is 7.11. The average Bonchev–Trinajstić information content (AvgIpc) is 3.07. The predicted molar refractivity (Wildman–Crippen MR) is 122 cm³/mol. The minimum atomic E-state index is -4.57. The van der Waals surface area contributed by atoms with Crippen LogP contribution in [-0.4, -0.2) is 55.3 Å². The maximum atomic E-state index is 12.6. The van der Waals surface area contributed by atoms with E-state index in [1.54, 1.807) is 36.5 Å². The first-order valence-corrected chi connectivity index (χ1v) is 10.8. The van der Waals surface area contributed by atoms with Gasteiger partial charge in [-0.2, -0.15) is 13.2 Å². The van der Waals surface area contributed by atoms with E-state index >= 15 is 0 Å². The molecule has 0 aliphatic carbocycles. The Balaban J connectivity index is 2.22. The minimum Gasteiger partial charge on any atom is -0.492 e. The molecule has 2 rings (SSSR count). The molecule has 0 bridgehead atoms. The topological polar surface area (TPSA) is 102 Å². The molecule has 0 atom stereocenters. The van der Waals surface area contributed by atoms with Crippen LogP contribution < -0.4 is 35.9 Å². The van der Waals surface area contributed by atoms with E-state index in [9.17, 15) is 22.8 Å². The van der Waals surface area contributed by atoms with E-state index in [2.05, 4.69) is 11.0 Å². The van der Waals surface area contributed by atoms with Gasteiger partial charge in [-0.05, 0) is 45.3 Å². The van der Waals surface area contributed by atoms with Crippen LogP contribution in [0.5, 0.6) is 5.75 Å². The molecule has 1 aromatic carbocycles. The maximum Gasteiger partial charge on any atom is 0.405 e. The van der Waals surface area contributed by atoms with Gasteiger partial charge in [-0.15, -0.1) is 11.3 Å². The van der Waals surface area contributed by atoms with Crippen molar-refractivity contribution >= 4 is 34.4 Å². The lowest BCUT2D eigenvalue weighted by atomic mass is 10.3. The minimum absolute atomic E-state index is 0.0669. The van der Waals surface area contributed by atoms with Crippen LogP contribution in [-0.2, 0) is 11.3 Å². The van der Waals surface area contributed by atoms with Crippen LogP contribution in [0.1, 0.15) is 6.92 Å². The quantitative estimate of drug-likeness (QED) is 0.482. The fraction of sp³-hybridized carbons (Fsp3) is 0.381. The van der Waals surface area contributed by atoms with Crippen LogP contribution in [0, 0.1) is 0 Å². The number of hydrogen-bond acceptors (Lipinski definition) is 7. The summed E-state index contributed by atoms with van der Waals surface area (Å²) >= 11 is 0.869. The molecule has 0 spiro atoms. The van der Waals surface area contributed by atoms with Gasteiger partial charge in [0.25, 0.3) is 11.5 Å². The maximum absolute atomic E-state index is 12.6. The van der Waals surface area contributed by atoms with Crippen LogP contribution in [0.3, 0.4) is 0 Å². The number of nitrogens with one attached hydrogen (secondary N) is 2. The summed E-state index contributed by atoms with van der Waals surface area (Å²) < 4.78 is 44.0. The van der Waals surface area contributed by atoms with E-state index < -0.39 is 29.9 Å². The molecular formula is C21H26F3N5O3S. The zero-order valence-corrected chi connectivity index (χ0v) is 19.3. The molecule has 0 radical (unpaired) electrons. The zero-order valence-electron chi connectivity index (χ0n) is 18.5. The lowest BCUT2D eigenvalue weighted by Crippen LogP contribution is -2.40. The molecule has 0 fully saturated rings. The van der Waals surface area contributed by atoms with E-state index in [4.69, 9.17) is 10.5 Å².